The van der Waals surface area contributed by atoms with E-state index in [1.54, 1.807) is 18.2 Å². The van der Waals surface area contributed by atoms with E-state index in [4.69, 9.17) is 16.3 Å². The number of halogens is 1. The summed E-state index contributed by atoms with van der Waals surface area (Å²) in [4.78, 5) is 10.9. The van der Waals surface area contributed by atoms with Crippen molar-refractivity contribution in [3.8, 4) is 5.75 Å². The lowest BCUT2D eigenvalue weighted by atomic mass is 10.1. The highest BCUT2D eigenvalue weighted by Crippen LogP contribution is 2.29. The van der Waals surface area contributed by atoms with Gasteiger partial charge in [0.1, 0.15) is 11.9 Å². The minimum Gasteiger partial charge on any atom is -0.490 e. The van der Waals surface area contributed by atoms with E-state index in [1.165, 1.54) is 0 Å². The first-order valence-electron chi connectivity index (χ1n) is 4.16. The molecule has 1 aliphatic rings. The van der Waals surface area contributed by atoms with Crippen molar-refractivity contribution in [2.75, 3.05) is 0 Å². The number of carbonyl (C=O) groups excluding carboxylic acids is 1. The number of rotatable bonds is 1. The zero-order valence-corrected chi connectivity index (χ0v) is 7.97. The number of carbonyl (C=O) groups is 1. The van der Waals surface area contributed by atoms with E-state index in [2.05, 4.69) is 0 Å². The fourth-order valence-corrected chi connectivity index (χ4v) is 1.66. The van der Waals surface area contributed by atoms with Gasteiger partial charge in [-0.25, -0.2) is 0 Å². The van der Waals surface area contributed by atoms with Crippen molar-refractivity contribution in [3.63, 3.8) is 0 Å². The van der Waals surface area contributed by atoms with Crippen molar-refractivity contribution >= 4 is 16.8 Å². The average Bonchev–Trinajstić information content (AvgIpc) is 2.42. The second-order valence-corrected chi connectivity index (χ2v) is 3.57. The summed E-state index contributed by atoms with van der Waals surface area (Å²) in [7, 11) is 0. The maximum absolute atomic E-state index is 10.9. The summed E-state index contributed by atoms with van der Waals surface area (Å²) in [6.07, 6.45) is 1.06. The molecule has 0 aliphatic carbocycles. The summed E-state index contributed by atoms with van der Waals surface area (Å²) < 4.78 is 5.49. The van der Waals surface area contributed by atoms with Crippen molar-refractivity contribution in [1.82, 2.24) is 0 Å². The maximum Gasteiger partial charge on any atom is 0.252 e. The highest BCUT2D eigenvalue weighted by atomic mass is 35.5. The van der Waals surface area contributed by atoms with Crippen LogP contribution in [0.4, 0.5) is 0 Å². The van der Waals surface area contributed by atoms with Crippen molar-refractivity contribution in [1.29, 1.82) is 0 Å². The molecule has 0 saturated heterocycles. The first-order valence-corrected chi connectivity index (χ1v) is 4.54. The van der Waals surface area contributed by atoms with Gasteiger partial charge in [0.2, 0.25) is 0 Å². The van der Waals surface area contributed by atoms with E-state index >= 15 is 0 Å². The first kappa shape index (κ1) is 8.57. The molecule has 1 heterocycles. The molecule has 0 N–H and O–H groups in total. The van der Waals surface area contributed by atoms with Crippen LogP contribution in [0.15, 0.2) is 18.2 Å². The molecule has 68 valence electrons. The average molecular weight is 197 g/mol. The second kappa shape index (κ2) is 3.04. The van der Waals surface area contributed by atoms with Gasteiger partial charge in [0.25, 0.3) is 5.24 Å². The minimum atomic E-state index is -0.414. The number of fused-ring (bicyclic) bond motifs is 1. The van der Waals surface area contributed by atoms with Gasteiger partial charge in [-0.2, -0.15) is 0 Å². The van der Waals surface area contributed by atoms with Crippen LogP contribution in [0.2, 0.25) is 0 Å². The SMILES string of the molecule is C[C@@H]1Cc2cc(C(=O)Cl)ccc2O1. The molecule has 0 spiro atoms. The second-order valence-electron chi connectivity index (χ2n) is 3.23. The standard InChI is InChI=1S/C10H9ClO2/c1-6-4-8-5-7(10(11)12)2-3-9(8)13-6/h2-3,5-6H,4H2,1H3/t6-/m1/s1. The molecule has 0 saturated carbocycles. The first-order chi connectivity index (χ1) is 6.16. The molecule has 1 atom stereocenters. The van der Waals surface area contributed by atoms with Crippen molar-refractivity contribution < 1.29 is 9.53 Å². The van der Waals surface area contributed by atoms with E-state index in [-0.39, 0.29) is 6.10 Å². The molecule has 0 aromatic heterocycles. The molecular weight excluding hydrogens is 188 g/mol. The van der Waals surface area contributed by atoms with Gasteiger partial charge in [-0.15, -0.1) is 0 Å². The van der Waals surface area contributed by atoms with Crippen LogP contribution in [-0.4, -0.2) is 11.3 Å². The van der Waals surface area contributed by atoms with Crippen molar-refractivity contribution in [3.05, 3.63) is 29.3 Å². The fraction of sp³-hybridized carbons (Fsp3) is 0.300. The smallest absolute Gasteiger partial charge is 0.252 e. The Hall–Kier alpha value is -1.02. The summed E-state index contributed by atoms with van der Waals surface area (Å²) in [5, 5.41) is -0.414. The highest BCUT2D eigenvalue weighted by molar-refractivity contribution is 6.67. The molecule has 0 bridgehead atoms. The van der Waals surface area contributed by atoms with Gasteiger partial charge in [-0.3, -0.25) is 4.79 Å². The van der Waals surface area contributed by atoms with E-state index in [0.29, 0.717) is 5.56 Å². The highest BCUT2D eigenvalue weighted by Gasteiger charge is 2.19. The van der Waals surface area contributed by atoms with Crippen LogP contribution in [0.25, 0.3) is 0 Å². The van der Waals surface area contributed by atoms with E-state index in [9.17, 15) is 4.79 Å². The van der Waals surface area contributed by atoms with Gasteiger partial charge in [0.15, 0.2) is 0 Å². The summed E-state index contributed by atoms with van der Waals surface area (Å²) in [6.45, 7) is 2.00. The van der Waals surface area contributed by atoms with Crippen LogP contribution < -0.4 is 4.74 Å². The Morgan fingerprint density at radius 1 is 1.62 bits per heavy atom. The van der Waals surface area contributed by atoms with Crippen LogP contribution in [0.3, 0.4) is 0 Å². The summed E-state index contributed by atoms with van der Waals surface area (Å²) in [5.74, 6) is 0.870. The predicted octanol–water partition coefficient (Wildman–Crippen LogP) is 2.39. The van der Waals surface area contributed by atoms with Crippen molar-refractivity contribution in [2.24, 2.45) is 0 Å². The quantitative estimate of drug-likeness (QED) is 0.645. The zero-order chi connectivity index (χ0) is 9.42. The summed E-state index contributed by atoms with van der Waals surface area (Å²) >= 11 is 5.36. The van der Waals surface area contributed by atoms with Crippen molar-refractivity contribution in [2.45, 2.75) is 19.4 Å². The van der Waals surface area contributed by atoms with E-state index in [1.807, 2.05) is 6.92 Å². The molecule has 0 radical (unpaired) electrons. The fourth-order valence-electron chi connectivity index (χ4n) is 1.54. The van der Waals surface area contributed by atoms with E-state index < -0.39 is 5.24 Å². The Morgan fingerprint density at radius 2 is 2.38 bits per heavy atom. The minimum absolute atomic E-state index is 0.204. The zero-order valence-electron chi connectivity index (χ0n) is 7.21. The molecule has 0 unspecified atom stereocenters. The number of benzene rings is 1. The topological polar surface area (TPSA) is 26.3 Å². The maximum atomic E-state index is 10.9. The van der Waals surface area contributed by atoms with E-state index in [0.717, 1.165) is 17.7 Å². The van der Waals surface area contributed by atoms with Gasteiger partial charge < -0.3 is 4.74 Å². The molecule has 3 heteroatoms. The summed E-state index contributed by atoms with van der Waals surface area (Å²) in [6, 6.07) is 5.29. The van der Waals surface area contributed by atoms with Gasteiger partial charge in [0.05, 0.1) is 0 Å². The Kier molecular flexibility index (Phi) is 2.00. The monoisotopic (exact) mass is 196 g/mol. The molecule has 2 rings (SSSR count). The Balaban J connectivity index is 2.40. The molecule has 2 nitrogen and oxygen atoms in total. The molecule has 13 heavy (non-hydrogen) atoms. The molecule has 0 fully saturated rings. The third-order valence-electron chi connectivity index (χ3n) is 2.12. The van der Waals surface area contributed by atoms with Gasteiger partial charge in [-0.05, 0) is 42.3 Å². The third-order valence-corrected chi connectivity index (χ3v) is 2.34. The number of hydrogen-bond donors (Lipinski definition) is 0. The van der Waals surface area contributed by atoms with Gasteiger partial charge in [-0.1, -0.05) is 0 Å². The lowest BCUT2D eigenvalue weighted by molar-refractivity contribution is 0.108. The third kappa shape index (κ3) is 1.54. The van der Waals surface area contributed by atoms with Gasteiger partial charge >= 0.3 is 0 Å². The van der Waals surface area contributed by atoms with Crippen LogP contribution >= 0.6 is 11.6 Å². The largest absolute Gasteiger partial charge is 0.490 e. The number of ether oxygens (including phenoxy) is 1. The molecule has 0 amide bonds. The Bertz CT molecular complexity index is 360. The lowest BCUT2D eigenvalue weighted by Crippen LogP contribution is -2.05. The molecular formula is C10H9ClO2. The summed E-state index contributed by atoms with van der Waals surface area (Å²) in [5.41, 5.74) is 1.61. The molecule has 1 aromatic rings. The predicted molar refractivity (Wildman–Crippen MR) is 50.4 cm³/mol. The van der Waals surface area contributed by atoms with Crippen LogP contribution in [0.1, 0.15) is 22.8 Å². The normalized spacial score (nSPS) is 19.4. The van der Waals surface area contributed by atoms with Crippen LogP contribution in [-0.2, 0) is 6.42 Å². The van der Waals surface area contributed by atoms with Crippen LogP contribution in [0.5, 0.6) is 5.75 Å². The molecule has 1 aliphatic heterocycles. The van der Waals surface area contributed by atoms with Crippen LogP contribution in [0, 0.1) is 0 Å². The molecule has 1 aromatic carbocycles. The lowest BCUT2D eigenvalue weighted by Gasteiger charge is -2.01. The van der Waals surface area contributed by atoms with Gasteiger partial charge in [0, 0.05) is 12.0 Å². The number of hydrogen-bond acceptors (Lipinski definition) is 2. The Labute approximate surface area is 81.5 Å². The Morgan fingerprint density at radius 3 is 3.08 bits per heavy atom.